The van der Waals surface area contributed by atoms with Crippen LogP contribution in [0.2, 0.25) is 0 Å². The standard InChI is InChI=1S/C4H7N.C4H8O2/c1-2-3-4-5;1-2-3-4(5)6/h2-3H2,1H3;2-3H2,1H3,(H,5,6). The molecule has 0 saturated carbocycles. The first-order valence-electron chi connectivity index (χ1n) is 3.77. The number of carboxylic acids is 1. The van der Waals surface area contributed by atoms with E-state index >= 15 is 0 Å². The van der Waals surface area contributed by atoms with E-state index in [1.807, 2.05) is 19.9 Å². The number of carbonyl (C=O) groups is 1. The highest BCUT2D eigenvalue weighted by molar-refractivity contribution is 5.66. The Bertz CT molecular complexity index is 127. The summed E-state index contributed by atoms with van der Waals surface area (Å²) in [5.41, 5.74) is 0. The fraction of sp³-hybridized carbons (Fsp3) is 0.750. The maximum absolute atomic E-state index is 9.60. The van der Waals surface area contributed by atoms with Crippen molar-refractivity contribution in [3.63, 3.8) is 0 Å². The smallest absolute Gasteiger partial charge is 0.303 e. The Kier molecular flexibility index (Phi) is 13.4. The van der Waals surface area contributed by atoms with Crippen LogP contribution in [-0.2, 0) is 4.79 Å². The molecule has 0 rings (SSSR count). The summed E-state index contributed by atoms with van der Waals surface area (Å²) in [6, 6.07) is 2.02. The molecule has 3 heteroatoms. The SMILES string of the molecule is CCCC#N.CCCC(=O)O. The van der Waals surface area contributed by atoms with Gasteiger partial charge in [-0.15, -0.1) is 0 Å². The summed E-state index contributed by atoms with van der Waals surface area (Å²) < 4.78 is 0. The van der Waals surface area contributed by atoms with E-state index in [1.165, 1.54) is 0 Å². The van der Waals surface area contributed by atoms with Crippen molar-refractivity contribution >= 4 is 5.97 Å². The third-order valence-corrected chi connectivity index (χ3v) is 0.826. The molecule has 0 unspecified atom stereocenters. The van der Waals surface area contributed by atoms with E-state index in [2.05, 4.69) is 0 Å². The van der Waals surface area contributed by atoms with Crippen LogP contribution >= 0.6 is 0 Å². The van der Waals surface area contributed by atoms with Gasteiger partial charge in [-0.1, -0.05) is 13.8 Å². The lowest BCUT2D eigenvalue weighted by Crippen LogP contribution is -1.90. The molecule has 1 N–H and O–H groups in total. The maximum atomic E-state index is 9.60. The number of nitriles is 1. The Balaban J connectivity index is 0. The van der Waals surface area contributed by atoms with Crippen LogP contribution in [0.5, 0.6) is 0 Å². The molecule has 11 heavy (non-hydrogen) atoms. The van der Waals surface area contributed by atoms with Crippen molar-refractivity contribution in [2.75, 3.05) is 0 Å². The fourth-order valence-corrected chi connectivity index (χ4v) is 0.326. The summed E-state index contributed by atoms with van der Waals surface area (Å²) in [6.45, 7) is 3.83. The minimum atomic E-state index is -0.711. The number of aliphatic carboxylic acids is 1. The number of hydrogen-bond acceptors (Lipinski definition) is 2. The molecular formula is C8H15NO2. The van der Waals surface area contributed by atoms with Gasteiger partial charge in [0.25, 0.3) is 0 Å². The first-order chi connectivity index (χ1) is 5.18. The normalized spacial score (nSPS) is 7.36. The van der Waals surface area contributed by atoms with Gasteiger partial charge in [0.15, 0.2) is 0 Å². The highest BCUT2D eigenvalue weighted by Gasteiger charge is 1.87. The number of unbranched alkanes of at least 4 members (excludes halogenated alkanes) is 1. The van der Waals surface area contributed by atoms with Crippen LogP contribution in [0.25, 0.3) is 0 Å². The van der Waals surface area contributed by atoms with Crippen LogP contribution in [0.3, 0.4) is 0 Å². The molecule has 0 atom stereocenters. The summed E-state index contributed by atoms with van der Waals surface area (Å²) in [6.07, 6.45) is 2.70. The van der Waals surface area contributed by atoms with Crippen molar-refractivity contribution in [1.29, 1.82) is 5.26 Å². The zero-order valence-corrected chi connectivity index (χ0v) is 7.13. The Hall–Kier alpha value is -1.04. The van der Waals surface area contributed by atoms with Crippen LogP contribution in [0.1, 0.15) is 39.5 Å². The Labute approximate surface area is 67.6 Å². The van der Waals surface area contributed by atoms with Crippen molar-refractivity contribution in [3.8, 4) is 6.07 Å². The van der Waals surface area contributed by atoms with Crippen molar-refractivity contribution < 1.29 is 9.90 Å². The summed E-state index contributed by atoms with van der Waals surface area (Å²) >= 11 is 0. The molecule has 0 aliphatic heterocycles. The predicted molar refractivity (Wildman–Crippen MR) is 43.1 cm³/mol. The van der Waals surface area contributed by atoms with Crippen molar-refractivity contribution in [2.45, 2.75) is 39.5 Å². The molecule has 0 aromatic rings. The van der Waals surface area contributed by atoms with Gasteiger partial charge in [0.1, 0.15) is 0 Å². The Morgan fingerprint density at radius 1 is 1.45 bits per heavy atom. The summed E-state index contributed by atoms with van der Waals surface area (Å²) in [7, 11) is 0. The monoisotopic (exact) mass is 157 g/mol. The summed E-state index contributed by atoms with van der Waals surface area (Å²) in [5.74, 6) is -0.711. The number of nitrogens with zero attached hydrogens (tertiary/aromatic N) is 1. The molecule has 0 radical (unpaired) electrons. The van der Waals surface area contributed by atoms with E-state index in [0.717, 1.165) is 12.8 Å². The second-order valence-corrected chi connectivity index (χ2v) is 2.05. The van der Waals surface area contributed by atoms with Gasteiger partial charge >= 0.3 is 5.97 Å². The minimum Gasteiger partial charge on any atom is -0.481 e. The molecule has 64 valence electrons. The van der Waals surface area contributed by atoms with E-state index in [9.17, 15) is 4.79 Å². The van der Waals surface area contributed by atoms with Crippen molar-refractivity contribution in [3.05, 3.63) is 0 Å². The van der Waals surface area contributed by atoms with E-state index < -0.39 is 5.97 Å². The lowest BCUT2D eigenvalue weighted by atomic mass is 10.4. The minimum absolute atomic E-state index is 0.292. The van der Waals surface area contributed by atoms with Gasteiger partial charge in [-0.25, -0.2) is 0 Å². The van der Waals surface area contributed by atoms with E-state index in [1.54, 1.807) is 0 Å². The van der Waals surface area contributed by atoms with Crippen LogP contribution < -0.4 is 0 Å². The lowest BCUT2D eigenvalue weighted by Gasteiger charge is -1.79. The van der Waals surface area contributed by atoms with Gasteiger partial charge in [-0.05, 0) is 12.8 Å². The molecule has 0 aromatic carbocycles. The molecule has 0 fully saturated rings. The number of hydrogen-bond donors (Lipinski definition) is 1. The molecule has 0 saturated heterocycles. The Morgan fingerprint density at radius 3 is 2.00 bits per heavy atom. The number of carboxylic acid groups (broad SMARTS) is 1. The second-order valence-electron chi connectivity index (χ2n) is 2.05. The van der Waals surface area contributed by atoms with Gasteiger partial charge in [0.05, 0.1) is 6.07 Å². The third kappa shape index (κ3) is 27.7. The lowest BCUT2D eigenvalue weighted by molar-refractivity contribution is -0.137. The molecule has 0 amide bonds. The predicted octanol–water partition coefficient (Wildman–Crippen LogP) is 2.18. The summed E-state index contributed by atoms with van der Waals surface area (Å²) in [5, 5.41) is 15.7. The first-order valence-corrected chi connectivity index (χ1v) is 3.77. The van der Waals surface area contributed by atoms with Gasteiger partial charge in [0, 0.05) is 12.8 Å². The van der Waals surface area contributed by atoms with E-state index in [0.29, 0.717) is 12.8 Å². The van der Waals surface area contributed by atoms with E-state index in [4.69, 9.17) is 10.4 Å². The van der Waals surface area contributed by atoms with Crippen molar-refractivity contribution in [1.82, 2.24) is 0 Å². The fourth-order valence-electron chi connectivity index (χ4n) is 0.326. The second kappa shape index (κ2) is 11.7. The third-order valence-electron chi connectivity index (χ3n) is 0.826. The van der Waals surface area contributed by atoms with Gasteiger partial charge in [0.2, 0.25) is 0 Å². The average molecular weight is 157 g/mol. The highest BCUT2D eigenvalue weighted by Crippen LogP contribution is 1.82. The molecule has 0 aliphatic carbocycles. The number of rotatable bonds is 3. The van der Waals surface area contributed by atoms with Crippen LogP contribution in [0.15, 0.2) is 0 Å². The summed E-state index contributed by atoms with van der Waals surface area (Å²) in [4.78, 5) is 9.60. The molecule has 0 bridgehead atoms. The zero-order valence-electron chi connectivity index (χ0n) is 7.13. The maximum Gasteiger partial charge on any atom is 0.303 e. The zero-order chi connectivity index (χ0) is 9.11. The van der Waals surface area contributed by atoms with Gasteiger partial charge in [-0.3, -0.25) is 4.79 Å². The van der Waals surface area contributed by atoms with Crippen LogP contribution in [-0.4, -0.2) is 11.1 Å². The topological polar surface area (TPSA) is 61.1 Å². The van der Waals surface area contributed by atoms with Gasteiger partial charge < -0.3 is 5.11 Å². The van der Waals surface area contributed by atoms with Crippen LogP contribution in [0.4, 0.5) is 0 Å². The highest BCUT2D eigenvalue weighted by atomic mass is 16.4. The van der Waals surface area contributed by atoms with Crippen LogP contribution in [0, 0.1) is 11.3 Å². The van der Waals surface area contributed by atoms with Gasteiger partial charge in [-0.2, -0.15) is 5.26 Å². The molecule has 0 heterocycles. The Morgan fingerprint density at radius 2 is 2.00 bits per heavy atom. The van der Waals surface area contributed by atoms with E-state index in [-0.39, 0.29) is 0 Å². The largest absolute Gasteiger partial charge is 0.481 e. The molecule has 0 spiro atoms. The first kappa shape index (κ1) is 12.6. The quantitative estimate of drug-likeness (QED) is 0.683. The van der Waals surface area contributed by atoms with Crippen molar-refractivity contribution in [2.24, 2.45) is 0 Å². The molecule has 3 nitrogen and oxygen atoms in total. The molecule has 0 aliphatic rings. The molecule has 0 aromatic heterocycles. The molecular weight excluding hydrogens is 142 g/mol. The average Bonchev–Trinajstić information content (AvgIpc) is 1.90.